The zero-order valence-corrected chi connectivity index (χ0v) is 9.18. The molecule has 1 aliphatic heterocycles. The molecular weight excluding hydrogens is 217 g/mol. The largest absolute Gasteiger partial charge is 0.272 e. The average Bonchev–Trinajstić information content (AvgIpc) is 2.39. The predicted molar refractivity (Wildman–Crippen MR) is 57.5 cm³/mol. The first kappa shape index (κ1) is 10.2. The first-order valence-electron chi connectivity index (χ1n) is 4.34. The molecule has 1 aromatic rings. The topological polar surface area (TPSA) is 37.4 Å². The Hall–Kier alpha value is -1.36. The van der Waals surface area contributed by atoms with Gasteiger partial charge in [-0.1, -0.05) is 12.1 Å². The molecule has 0 N–H and O–H groups in total. The van der Waals surface area contributed by atoms with Crippen molar-refractivity contribution in [3.8, 4) is 0 Å². The molecule has 5 heteroatoms. The third kappa shape index (κ3) is 1.43. The van der Waals surface area contributed by atoms with E-state index in [1.165, 1.54) is 12.5 Å². The summed E-state index contributed by atoms with van der Waals surface area (Å²) in [6, 6.07) is 6.41. The van der Waals surface area contributed by atoms with Crippen molar-refractivity contribution in [2.24, 2.45) is 0 Å². The van der Waals surface area contributed by atoms with Gasteiger partial charge in [-0.15, -0.1) is 0 Å². The van der Waals surface area contributed by atoms with Crippen molar-refractivity contribution >= 4 is 22.4 Å². The number of carbonyl (C=O) groups is 2. The fraction of sp³-hybridized carbons (Fsp3) is 0.200. The van der Waals surface area contributed by atoms with Crippen molar-refractivity contribution in [2.75, 3.05) is 12.5 Å². The third-order valence-electron chi connectivity index (χ3n) is 2.19. The van der Waals surface area contributed by atoms with Gasteiger partial charge in [-0.05, 0) is 22.7 Å². The van der Waals surface area contributed by atoms with Crippen LogP contribution in [-0.4, -0.2) is 28.6 Å². The highest BCUT2D eigenvalue weighted by molar-refractivity contribution is 8.27. The first-order valence-corrected chi connectivity index (χ1v) is 6.64. The van der Waals surface area contributed by atoms with Crippen molar-refractivity contribution in [3.05, 3.63) is 35.4 Å². The Morgan fingerprint density at radius 2 is 1.47 bits per heavy atom. The zero-order chi connectivity index (χ0) is 11.2. The summed E-state index contributed by atoms with van der Waals surface area (Å²) >= 11 is 0. The molecule has 1 heterocycles. The summed E-state index contributed by atoms with van der Waals surface area (Å²) in [6.07, 6.45) is 2.54. The van der Waals surface area contributed by atoms with Gasteiger partial charge in [-0.3, -0.25) is 9.59 Å². The Morgan fingerprint density at radius 1 is 1.07 bits per heavy atom. The second-order valence-electron chi connectivity index (χ2n) is 3.60. The Balaban J connectivity index is 2.55. The summed E-state index contributed by atoms with van der Waals surface area (Å²) in [5, 5.41) is 0. The molecule has 1 aromatic carbocycles. The second-order valence-corrected chi connectivity index (χ2v) is 6.27. The third-order valence-corrected chi connectivity index (χ3v) is 3.39. The minimum absolute atomic E-state index is 0.292. The van der Waals surface area contributed by atoms with Gasteiger partial charge in [0.2, 0.25) is 0 Å². The lowest BCUT2D eigenvalue weighted by atomic mass is 10.1. The predicted octanol–water partition coefficient (Wildman–Crippen LogP) is 2.15. The molecular formula is C10H10FNO2S. The van der Waals surface area contributed by atoms with Crippen molar-refractivity contribution < 1.29 is 13.5 Å². The van der Waals surface area contributed by atoms with Crippen molar-refractivity contribution in [1.82, 2.24) is 4.31 Å². The van der Waals surface area contributed by atoms with Crippen molar-refractivity contribution in [1.29, 1.82) is 0 Å². The lowest BCUT2D eigenvalue weighted by Crippen LogP contribution is -2.29. The lowest BCUT2D eigenvalue weighted by molar-refractivity contribution is 0.0769. The number of hydrogen-bond acceptors (Lipinski definition) is 2. The number of amides is 2. The van der Waals surface area contributed by atoms with E-state index in [1.54, 1.807) is 24.3 Å². The molecule has 0 aromatic heterocycles. The van der Waals surface area contributed by atoms with E-state index in [-0.39, 0.29) is 0 Å². The quantitative estimate of drug-likeness (QED) is 0.689. The molecule has 0 unspecified atom stereocenters. The standard InChI is InChI=1S/C10H10FNO2S/c1-15(2,11)12-9(13)7-5-3-4-6-8(7)10(12)14/h3-6H,1-2H3. The van der Waals surface area contributed by atoms with Crippen LogP contribution >= 0.6 is 10.6 Å². The molecule has 0 atom stereocenters. The molecule has 0 radical (unpaired) electrons. The van der Waals surface area contributed by atoms with Crippen LogP contribution in [0.1, 0.15) is 20.7 Å². The summed E-state index contributed by atoms with van der Waals surface area (Å²) in [4.78, 5) is 23.5. The Kier molecular flexibility index (Phi) is 2.08. The number of benzene rings is 1. The van der Waals surface area contributed by atoms with Crippen LogP contribution in [0, 0.1) is 0 Å². The van der Waals surface area contributed by atoms with Gasteiger partial charge in [0.25, 0.3) is 11.8 Å². The smallest absolute Gasteiger partial charge is 0.268 e. The number of halogens is 1. The molecule has 0 saturated heterocycles. The lowest BCUT2D eigenvalue weighted by Gasteiger charge is -2.29. The van der Waals surface area contributed by atoms with Crippen LogP contribution in [0.2, 0.25) is 0 Å². The SMILES string of the molecule is CS(C)(F)N1C(=O)c2ccccc2C1=O. The van der Waals surface area contributed by atoms with Gasteiger partial charge in [-0.2, -0.15) is 3.89 Å². The number of nitrogens with zero attached hydrogens (tertiary/aromatic N) is 1. The number of fused-ring (bicyclic) bond motifs is 1. The number of hydrogen-bond donors (Lipinski definition) is 0. The van der Waals surface area contributed by atoms with E-state index < -0.39 is 22.4 Å². The van der Waals surface area contributed by atoms with Gasteiger partial charge in [0, 0.05) is 12.5 Å². The molecule has 80 valence electrons. The van der Waals surface area contributed by atoms with Crippen molar-refractivity contribution in [2.45, 2.75) is 0 Å². The van der Waals surface area contributed by atoms with Gasteiger partial charge in [0.05, 0.1) is 11.1 Å². The number of imide groups is 1. The molecule has 0 spiro atoms. The van der Waals surface area contributed by atoms with Gasteiger partial charge in [-0.25, -0.2) is 4.31 Å². The van der Waals surface area contributed by atoms with Crippen LogP contribution in [0.5, 0.6) is 0 Å². The van der Waals surface area contributed by atoms with E-state index in [2.05, 4.69) is 0 Å². The molecule has 15 heavy (non-hydrogen) atoms. The highest BCUT2D eigenvalue weighted by Gasteiger charge is 2.42. The Bertz CT molecular complexity index is 418. The highest BCUT2D eigenvalue weighted by atomic mass is 32.3. The minimum atomic E-state index is -2.83. The molecule has 1 aliphatic rings. The molecule has 0 fully saturated rings. The summed E-state index contributed by atoms with van der Waals surface area (Å²) in [7, 11) is -2.83. The van der Waals surface area contributed by atoms with Crippen LogP contribution < -0.4 is 0 Å². The van der Waals surface area contributed by atoms with Crippen molar-refractivity contribution in [3.63, 3.8) is 0 Å². The molecule has 0 saturated carbocycles. The van der Waals surface area contributed by atoms with Crippen LogP contribution in [0.4, 0.5) is 3.89 Å². The molecule has 2 rings (SSSR count). The van der Waals surface area contributed by atoms with E-state index in [9.17, 15) is 13.5 Å². The normalized spacial score (nSPS) is 16.9. The molecule has 2 amide bonds. The molecule has 0 aliphatic carbocycles. The maximum absolute atomic E-state index is 13.7. The monoisotopic (exact) mass is 227 g/mol. The van der Waals surface area contributed by atoms with E-state index in [1.807, 2.05) is 0 Å². The maximum Gasteiger partial charge on any atom is 0.272 e. The summed E-state index contributed by atoms with van der Waals surface area (Å²) in [6.45, 7) is 0. The summed E-state index contributed by atoms with van der Waals surface area (Å²) < 4.78 is 14.5. The Morgan fingerprint density at radius 3 is 1.80 bits per heavy atom. The van der Waals surface area contributed by atoms with Gasteiger partial charge in [0.1, 0.15) is 0 Å². The van der Waals surface area contributed by atoms with E-state index >= 15 is 0 Å². The first-order chi connectivity index (χ1) is 6.93. The molecule has 0 bridgehead atoms. The van der Waals surface area contributed by atoms with Gasteiger partial charge >= 0.3 is 0 Å². The summed E-state index contributed by atoms with van der Waals surface area (Å²) in [5.41, 5.74) is 0.585. The summed E-state index contributed by atoms with van der Waals surface area (Å²) in [5.74, 6) is -1.06. The van der Waals surface area contributed by atoms with E-state index in [0.717, 1.165) is 4.31 Å². The van der Waals surface area contributed by atoms with Gasteiger partial charge < -0.3 is 0 Å². The fourth-order valence-corrected chi connectivity index (χ4v) is 2.55. The van der Waals surface area contributed by atoms with E-state index in [4.69, 9.17) is 0 Å². The number of carbonyl (C=O) groups excluding carboxylic acids is 2. The zero-order valence-electron chi connectivity index (χ0n) is 8.36. The fourth-order valence-electron chi connectivity index (χ4n) is 1.56. The van der Waals surface area contributed by atoms with Gasteiger partial charge in [0.15, 0.2) is 0 Å². The average molecular weight is 227 g/mol. The van der Waals surface area contributed by atoms with Crippen LogP contribution in [0.15, 0.2) is 24.3 Å². The molecule has 3 nitrogen and oxygen atoms in total. The highest BCUT2D eigenvalue weighted by Crippen LogP contribution is 2.49. The maximum atomic E-state index is 13.7. The second kappa shape index (κ2) is 3.06. The van der Waals surface area contributed by atoms with Crippen LogP contribution in [-0.2, 0) is 0 Å². The minimum Gasteiger partial charge on any atom is -0.268 e. The number of rotatable bonds is 1. The van der Waals surface area contributed by atoms with E-state index in [0.29, 0.717) is 11.1 Å². The van der Waals surface area contributed by atoms with Crippen LogP contribution in [0.25, 0.3) is 0 Å². The van der Waals surface area contributed by atoms with Crippen LogP contribution in [0.3, 0.4) is 0 Å². The Labute approximate surface area is 88.6 Å².